The first kappa shape index (κ1) is 30.0. The average Bonchev–Trinajstić information content (AvgIpc) is 3.71. The molecule has 12 heteroatoms. The summed E-state index contributed by atoms with van der Waals surface area (Å²) in [6.07, 6.45) is 4.20. The molecule has 4 aromatic rings. The Balaban J connectivity index is 1.36. The van der Waals surface area contributed by atoms with E-state index in [1.165, 1.54) is 18.3 Å². The zero-order chi connectivity index (χ0) is 31.8. The third kappa shape index (κ3) is 5.92. The van der Waals surface area contributed by atoms with Gasteiger partial charge in [-0.3, -0.25) is 19.3 Å². The summed E-state index contributed by atoms with van der Waals surface area (Å²) >= 11 is 0. The van der Waals surface area contributed by atoms with Crippen LogP contribution in [0.25, 0.3) is 11.1 Å². The van der Waals surface area contributed by atoms with Crippen molar-refractivity contribution in [1.29, 1.82) is 0 Å². The highest BCUT2D eigenvalue weighted by atomic mass is 19.1. The number of pyridine rings is 1. The first-order valence-electron chi connectivity index (χ1n) is 14.7. The van der Waals surface area contributed by atoms with Gasteiger partial charge in [-0.1, -0.05) is 12.1 Å². The number of halogens is 3. The lowest BCUT2D eigenvalue weighted by molar-refractivity contribution is -0.122. The number of aromatic nitrogens is 3. The lowest BCUT2D eigenvalue weighted by atomic mass is 9.94. The van der Waals surface area contributed by atoms with E-state index >= 15 is 0 Å². The molecule has 3 N–H and O–H groups in total. The maximum Gasteiger partial charge on any atom is 0.359 e. The molecule has 1 fully saturated rings. The molecule has 0 radical (unpaired) electrons. The van der Waals surface area contributed by atoms with Gasteiger partial charge < -0.3 is 15.8 Å². The number of carbonyl (C=O) groups excluding carboxylic acids is 3. The second kappa shape index (κ2) is 12.2. The maximum atomic E-state index is 14.3. The van der Waals surface area contributed by atoms with Crippen LogP contribution in [0.15, 0.2) is 54.7 Å². The van der Waals surface area contributed by atoms with E-state index in [1.54, 1.807) is 23.7 Å². The van der Waals surface area contributed by atoms with Crippen LogP contribution in [0.4, 0.5) is 13.2 Å². The van der Waals surface area contributed by atoms with E-state index in [9.17, 15) is 27.6 Å². The van der Waals surface area contributed by atoms with Crippen LogP contribution < -0.4 is 11.1 Å². The van der Waals surface area contributed by atoms with Gasteiger partial charge in [0.1, 0.15) is 24.0 Å². The van der Waals surface area contributed by atoms with Gasteiger partial charge in [0.2, 0.25) is 5.91 Å². The molecule has 232 valence electrons. The van der Waals surface area contributed by atoms with Gasteiger partial charge in [-0.2, -0.15) is 5.10 Å². The molecule has 3 atom stereocenters. The number of hydrogen-bond donors (Lipinski definition) is 2. The third-order valence-corrected chi connectivity index (χ3v) is 8.43. The standard InChI is InChI=1S/C33H30F3N5O4/c1-2-45-33(44)30-28-19-5-6-20(13-19)31(28)41(40-30)16-27(42)39-26(12-17-10-21(34)15-22(35)11-17)29-23(4-3-9-38-29)18-7-8-25(36)24(14-18)32(37)43/h3-4,7-11,14-15,19-20,26H,2,5-6,12-13,16H2,1H3,(H2,37,43)(H,39,42). The van der Waals surface area contributed by atoms with E-state index in [1.807, 2.05) is 0 Å². The van der Waals surface area contributed by atoms with Crippen LogP contribution in [0.1, 0.15) is 87.4 Å². The van der Waals surface area contributed by atoms with Crippen molar-refractivity contribution < 1.29 is 32.3 Å². The summed E-state index contributed by atoms with van der Waals surface area (Å²) in [5.41, 5.74) is 8.40. The number of rotatable bonds is 10. The zero-order valence-corrected chi connectivity index (χ0v) is 24.4. The summed E-state index contributed by atoms with van der Waals surface area (Å²) in [6.45, 7) is 1.69. The van der Waals surface area contributed by atoms with Crippen LogP contribution in [-0.4, -0.2) is 39.2 Å². The number of esters is 1. The monoisotopic (exact) mass is 617 g/mol. The van der Waals surface area contributed by atoms with E-state index in [-0.39, 0.29) is 48.2 Å². The van der Waals surface area contributed by atoms with Crippen molar-refractivity contribution in [2.75, 3.05) is 6.61 Å². The minimum atomic E-state index is -0.956. The van der Waals surface area contributed by atoms with Gasteiger partial charge in [0.05, 0.1) is 23.9 Å². The molecule has 1 saturated carbocycles. The number of fused-ring (bicyclic) bond motifs is 5. The van der Waals surface area contributed by atoms with Crippen molar-refractivity contribution in [3.63, 3.8) is 0 Å². The van der Waals surface area contributed by atoms with Gasteiger partial charge in [-0.15, -0.1) is 0 Å². The van der Waals surface area contributed by atoms with Gasteiger partial charge in [0, 0.05) is 35.0 Å². The SMILES string of the molecule is CCOC(=O)c1nn(CC(=O)NC(Cc2cc(F)cc(F)c2)c2ncccc2-c2ccc(F)c(C(N)=O)c2)c2c1C1CCC2C1. The van der Waals surface area contributed by atoms with Crippen LogP contribution in [0.3, 0.4) is 0 Å². The van der Waals surface area contributed by atoms with Gasteiger partial charge in [0.25, 0.3) is 5.91 Å². The molecule has 3 unspecified atom stereocenters. The Bertz CT molecular complexity index is 1800. The number of benzene rings is 2. The molecule has 2 bridgehead atoms. The van der Waals surface area contributed by atoms with Crippen LogP contribution >= 0.6 is 0 Å². The topological polar surface area (TPSA) is 129 Å². The van der Waals surface area contributed by atoms with Gasteiger partial charge in [-0.25, -0.2) is 18.0 Å². The summed E-state index contributed by atoms with van der Waals surface area (Å²) in [5, 5.41) is 7.44. The van der Waals surface area contributed by atoms with Gasteiger partial charge in [0.15, 0.2) is 5.69 Å². The Morgan fingerprint density at radius 3 is 2.56 bits per heavy atom. The number of ether oxygens (including phenoxy) is 1. The molecule has 2 aromatic carbocycles. The highest BCUT2D eigenvalue weighted by molar-refractivity contribution is 5.94. The number of primary amides is 1. The number of carbonyl (C=O) groups is 3. The first-order chi connectivity index (χ1) is 21.6. The molecule has 0 aliphatic heterocycles. The van der Waals surface area contributed by atoms with Crippen LogP contribution in [-0.2, 0) is 22.5 Å². The van der Waals surface area contributed by atoms with Crippen LogP contribution in [0.5, 0.6) is 0 Å². The van der Waals surface area contributed by atoms with E-state index in [0.29, 0.717) is 16.8 Å². The van der Waals surface area contributed by atoms with E-state index in [4.69, 9.17) is 10.5 Å². The number of nitrogens with one attached hydrogen (secondary N) is 1. The molecular weight excluding hydrogens is 587 g/mol. The molecule has 9 nitrogen and oxygen atoms in total. The quantitative estimate of drug-likeness (QED) is 0.238. The van der Waals surface area contributed by atoms with Crippen molar-refractivity contribution in [2.24, 2.45) is 5.73 Å². The van der Waals surface area contributed by atoms with Gasteiger partial charge >= 0.3 is 5.97 Å². The molecule has 6 rings (SSSR count). The minimum absolute atomic E-state index is 0.0513. The first-order valence-corrected chi connectivity index (χ1v) is 14.7. The molecule has 45 heavy (non-hydrogen) atoms. The fraction of sp³-hybridized carbons (Fsp3) is 0.303. The lowest BCUT2D eigenvalue weighted by Gasteiger charge is -2.22. The zero-order valence-electron chi connectivity index (χ0n) is 24.4. The van der Waals surface area contributed by atoms with E-state index < -0.39 is 41.3 Å². The molecule has 0 spiro atoms. The highest BCUT2D eigenvalue weighted by Crippen LogP contribution is 2.54. The molecule has 2 amide bonds. The summed E-state index contributed by atoms with van der Waals surface area (Å²) < 4.78 is 49.5. The molecular formula is C33H30F3N5O4. The Labute approximate surface area is 256 Å². The highest BCUT2D eigenvalue weighted by Gasteiger charge is 2.44. The molecule has 2 aliphatic rings. The van der Waals surface area contributed by atoms with Crippen LogP contribution in [0.2, 0.25) is 0 Å². The largest absolute Gasteiger partial charge is 0.461 e. The summed E-state index contributed by atoms with van der Waals surface area (Å²) in [5.74, 6) is -3.95. The predicted molar refractivity (Wildman–Crippen MR) is 157 cm³/mol. The summed E-state index contributed by atoms with van der Waals surface area (Å²) in [4.78, 5) is 42.8. The minimum Gasteiger partial charge on any atom is -0.461 e. The van der Waals surface area contributed by atoms with Crippen LogP contribution in [0, 0.1) is 17.5 Å². The number of nitrogens with zero attached hydrogens (tertiary/aromatic N) is 3. The fourth-order valence-electron chi connectivity index (χ4n) is 6.66. The molecule has 2 aliphatic carbocycles. The lowest BCUT2D eigenvalue weighted by Crippen LogP contribution is -2.34. The van der Waals surface area contributed by atoms with Crippen molar-refractivity contribution in [3.05, 3.63) is 106 Å². The van der Waals surface area contributed by atoms with Gasteiger partial charge in [-0.05, 0) is 80.0 Å². The number of amides is 2. The predicted octanol–water partition coefficient (Wildman–Crippen LogP) is 5.10. The Hall–Kier alpha value is -5.00. The fourth-order valence-corrected chi connectivity index (χ4v) is 6.66. The van der Waals surface area contributed by atoms with Crippen molar-refractivity contribution >= 4 is 17.8 Å². The number of hydrogen-bond acceptors (Lipinski definition) is 6. The summed E-state index contributed by atoms with van der Waals surface area (Å²) in [6, 6.07) is 9.31. The molecule has 0 saturated heterocycles. The smallest absolute Gasteiger partial charge is 0.359 e. The van der Waals surface area contributed by atoms with E-state index in [2.05, 4.69) is 15.4 Å². The number of nitrogens with two attached hydrogens (primary N) is 1. The van der Waals surface area contributed by atoms with Crippen molar-refractivity contribution in [3.8, 4) is 11.1 Å². The Morgan fingerprint density at radius 2 is 1.82 bits per heavy atom. The van der Waals surface area contributed by atoms with E-state index in [0.717, 1.165) is 54.8 Å². The summed E-state index contributed by atoms with van der Waals surface area (Å²) in [7, 11) is 0. The second-order valence-corrected chi connectivity index (χ2v) is 11.3. The Morgan fingerprint density at radius 1 is 1.07 bits per heavy atom. The average molecular weight is 618 g/mol. The third-order valence-electron chi connectivity index (χ3n) is 8.43. The van der Waals surface area contributed by atoms with Crippen molar-refractivity contribution in [2.45, 2.75) is 57.0 Å². The second-order valence-electron chi connectivity index (χ2n) is 11.3. The Kier molecular flexibility index (Phi) is 8.13. The molecule has 2 aromatic heterocycles. The van der Waals surface area contributed by atoms with Crippen molar-refractivity contribution in [1.82, 2.24) is 20.1 Å². The molecule has 2 heterocycles. The normalized spacial score (nSPS) is 17.2. The maximum absolute atomic E-state index is 14.3.